The molecule has 1 saturated heterocycles. The van der Waals surface area contributed by atoms with Crippen molar-refractivity contribution >= 4 is 11.9 Å². The molecule has 4 nitrogen and oxygen atoms in total. The SMILES string of the molecule is CC1COC(=O)CCCCCCC(=O)O1. The Morgan fingerprint density at radius 1 is 1.00 bits per heavy atom. The zero-order valence-electron chi connectivity index (χ0n) is 9.16. The fraction of sp³-hybridized carbons (Fsp3) is 0.818. The van der Waals surface area contributed by atoms with E-state index in [-0.39, 0.29) is 24.6 Å². The van der Waals surface area contributed by atoms with E-state index in [0.717, 1.165) is 25.7 Å². The van der Waals surface area contributed by atoms with E-state index < -0.39 is 0 Å². The largest absolute Gasteiger partial charge is 0.462 e. The van der Waals surface area contributed by atoms with Gasteiger partial charge in [-0.15, -0.1) is 0 Å². The lowest BCUT2D eigenvalue weighted by Gasteiger charge is -2.14. The summed E-state index contributed by atoms with van der Waals surface area (Å²) >= 11 is 0. The normalized spacial score (nSPS) is 25.8. The van der Waals surface area contributed by atoms with E-state index in [4.69, 9.17) is 9.47 Å². The first-order valence-electron chi connectivity index (χ1n) is 5.53. The van der Waals surface area contributed by atoms with Gasteiger partial charge in [-0.05, 0) is 19.8 Å². The number of rotatable bonds is 0. The van der Waals surface area contributed by atoms with Gasteiger partial charge in [0.15, 0.2) is 0 Å². The Hall–Kier alpha value is -1.06. The minimum absolute atomic E-state index is 0.171. The maximum absolute atomic E-state index is 11.2. The summed E-state index contributed by atoms with van der Waals surface area (Å²) in [5, 5.41) is 0. The molecule has 4 heteroatoms. The van der Waals surface area contributed by atoms with Crippen molar-refractivity contribution in [2.24, 2.45) is 0 Å². The number of esters is 2. The molecule has 1 fully saturated rings. The van der Waals surface area contributed by atoms with Crippen molar-refractivity contribution in [1.29, 1.82) is 0 Å². The summed E-state index contributed by atoms with van der Waals surface area (Å²) in [6, 6.07) is 0. The molecular formula is C11H18O4. The van der Waals surface area contributed by atoms with Crippen LogP contribution in [0, 0.1) is 0 Å². The van der Waals surface area contributed by atoms with Crippen LogP contribution in [0.15, 0.2) is 0 Å². The van der Waals surface area contributed by atoms with Crippen molar-refractivity contribution in [3.63, 3.8) is 0 Å². The summed E-state index contributed by atoms with van der Waals surface area (Å²) in [7, 11) is 0. The molecular weight excluding hydrogens is 196 g/mol. The first-order valence-corrected chi connectivity index (χ1v) is 5.53. The van der Waals surface area contributed by atoms with Gasteiger partial charge in [-0.25, -0.2) is 0 Å². The number of hydrogen-bond acceptors (Lipinski definition) is 4. The zero-order chi connectivity index (χ0) is 11.1. The second kappa shape index (κ2) is 6.43. The summed E-state index contributed by atoms with van der Waals surface area (Å²) in [6.45, 7) is 1.90. The van der Waals surface area contributed by atoms with Crippen LogP contribution in [0.25, 0.3) is 0 Å². The molecule has 1 unspecified atom stereocenters. The highest BCUT2D eigenvalue weighted by Gasteiger charge is 2.13. The Labute approximate surface area is 89.9 Å². The second-order valence-electron chi connectivity index (χ2n) is 3.90. The van der Waals surface area contributed by atoms with E-state index in [2.05, 4.69) is 0 Å². The Bertz CT molecular complexity index is 225. The van der Waals surface area contributed by atoms with Crippen molar-refractivity contribution in [2.75, 3.05) is 6.61 Å². The summed E-state index contributed by atoms with van der Waals surface area (Å²) in [4.78, 5) is 22.4. The van der Waals surface area contributed by atoms with E-state index in [1.165, 1.54) is 0 Å². The molecule has 0 aliphatic carbocycles. The maximum atomic E-state index is 11.2. The summed E-state index contributed by atoms with van der Waals surface area (Å²) < 4.78 is 10.0. The average molecular weight is 214 g/mol. The highest BCUT2D eigenvalue weighted by Crippen LogP contribution is 2.09. The molecule has 1 rings (SSSR count). The van der Waals surface area contributed by atoms with Gasteiger partial charge in [-0.3, -0.25) is 9.59 Å². The molecule has 15 heavy (non-hydrogen) atoms. The molecule has 1 atom stereocenters. The van der Waals surface area contributed by atoms with E-state index in [1.807, 2.05) is 0 Å². The topological polar surface area (TPSA) is 52.6 Å². The molecule has 1 aliphatic rings. The average Bonchev–Trinajstić information content (AvgIpc) is 2.18. The highest BCUT2D eigenvalue weighted by molar-refractivity contribution is 5.70. The van der Waals surface area contributed by atoms with Crippen molar-refractivity contribution in [2.45, 2.75) is 51.6 Å². The maximum Gasteiger partial charge on any atom is 0.306 e. The number of carbonyl (C=O) groups is 2. The summed E-state index contributed by atoms with van der Waals surface area (Å²) in [5.74, 6) is -0.391. The molecule has 0 bridgehead atoms. The molecule has 1 aliphatic heterocycles. The van der Waals surface area contributed by atoms with Crippen LogP contribution < -0.4 is 0 Å². The van der Waals surface area contributed by atoms with Gasteiger partial charge in [-0.2, -0.15) is 0 Å². The summed E-state index contributed by atoms with van der Waals surface area (Å²) in [5.41, 5.74) is 0. The Kier molecular flexibility index (Phi) is 5.15. The van der Waals surface area contributed by atoms with Crippen molar-refractivity contribution in [1.82, 2.24) is 0 Å². The predicted octanol–water partition coefficient (Wildman–Crippen LogP) is 1.82. The smallest absolute Gasteiger partial charge is 0.306 e. The van der Waals surface area contributed by atoms with Crippen molar-refractivity contribution in [3.05, 3.63) is 0 Å². The number of ether oxygens (including phenoxy) is 2. The standard InChI is InChI=1S/C11H18O4/c1-9-8-14-10(12)6-4-2-3-5-7-11(13)15-9/h9H,2-8H2,1H3. The number of cyclic esters (lactones) is 2. The van der Waals surface area contributed by atoms with Crippen molar-refractivity contribution < 1.29 is 19.1 Å². The van der Waals surface area contributed by atoms with Crippen LogP contribution in [-0.2, 0) is 19.1 Å². The van der Waals surface area contributed by atoms with Gasteiger partial charge in [0.1, 0.15) is 12.7 Å². The quantitative estimate of drug-likeness (QED) is 0.577. The van der Waals surface area contributed by atoms with Gasteiger partial charge in [0.25, 0.3) is 0 Å². The molecule has 0 aromatic carbocycles. The summed E-state index contributed by atoms with van der Waals surface area (Å²) in [6.07, 6.45) is 4.25. The van der Waals surface area contributed by atoms with Crippen molar-refractivity contribution in [3.8, 4) is 0 Å². The zero-order valence-corrected chi connectivity index (χ0v) is 9.16. The van der Waals surface area contributed by atoms with Gasteiger partial charge in [0, 0.05) is 12.8 Å². The lowest BCUT2D eigenvalue weighted by Crippen LogP contribution is -2.22. The van der Waals surface area contributed by atoms with Crippen LogP contribution in [0.2, 0.25) is 0 Å². The first-order chi connectivity index (χ1) is 7.18. The lowest BCUT2D eigenvalue weighted by molar-refractivity contribution is -0.158. The molecule has 1 heterocycles. The third kappa shape index (κ3) is 5.40. The van der Waals surface area contributed by atoms with Gasteiger partial charge in [-0.1, -0.05) is 12.8 Å². The number of carbonyl (C=O) groups excluding carboxylic acids is 2. The minimum atomic E-state index is -0.333. The monoisotopic (exact) mass is 214 g/mol. The Morgan fingerprint density at radius 3 is 2.27 bits per heavy atom. The van der Waals surface area contributed by atoms with E-state index in [1.54, 1.807) is 6.92 Å². The van der Waals surface area contributed by atoms with Gasteiger partial charge < -0.3 is 9.47 Å². The van der Waals surface area contributed by atoms with Crippen LogP contribution in [0.4, 0.5) is 0 Å². The fourth-order valence-corrected chi connectivity index (χ4v) is 1.49. The molecule has 86 valence electrons. The van der Waals surface area contributed by atoms with Crippen LogP contribution in [0.1, 0.15) is 45.4 Å². The van der Waals surface area contributed by atoms with E-state index in [9.17, 15) is 9.59 Å². The second-order valence-corrected chi connectivity index (χ2v) is 3.90. The molecule has 0 spiro atoms. The van der Waals surface area contributed by atoms with E-state index >= 15 is 0 Å². The third-order valence-electron chi connectivity index (χ3n) is 2.32. The number of hydrogen-bond donors (Lipinski definition) is 0. The predicted molar refractivity (Wildman–Crippen MR) is 54.2 cm³/mol. The highest BCUT2D eigenvalue weighted by atomic mass is 16.6. The first kappa shape index (κ1) is 12.0. The molecule has 0 radical (unpaired) electrons. The Balaban J connectivity index is 2.38. The lowest BCUT2D eigenvalue weighted by atomic mass is 10.1. The molecule has 0 aromatic rings. The molecule has 0 amide bonds. The molecule has 0 saturated carbocycles. The van der Waals surface area contributed by atoms with Gasteiger partial charge in [0.05, 0.1) is 0 Å². The van der Waals surface area contributed by atoms with Crippen LogP contribution in [0.3, 0.4) is 0 Å². The fourth-order valence-electron chi connectivity index (χ4n) is 1.49. The van der Waals surface area contributed by atoms with Crippen LogP contribution in [0.5, 0.6) is 0 Å². The van der Waals surface area contributed by atoms with E-state index in [0.29, 0.717) is 12.8 Å². The minimum Gasteiger partial charge on any atom is -0.462 e. The van der Waals surface area contributed by atoms with Gasteiger partial charge in [0.2, 0.25) is 0 Å². The van der Waals surface area contributed by atoms with Crippen LogP contribution in [-0.4, -0.2) is 24.6 Å². The van der Waals surface area contributed by atoms with Gasteiger partial charge >= 0.3 is 11.9 Å². The molecule has 0 N–H and O–H groups in total. The molecule has 0 aromatic heterocycles. The third-order valence-corrected chi connectivity index (χ3v) is 2.32. The van der Waals surface area contributed by atoms with Crippen LogP contribution >= 0.6 is 0 Å². The Morgan fingerprint density at radius 2 is 1.60 bits per heavy atom.